The Labute approximate surface area is 55.6 Å². The second-order valence-corrected chi connectivity index (χ2v) is 1.85. The van der Waals surface area contributed by atoms with Crippen molar-refractivity contribution in [3.63, 3.8) is 0 Å². The molecule has 1 fully saturated rings. The van der Waals surface area contributed by atoms with E-state index < -0.39 is 30.2 Å². The summed E-state index contributed by atoms with van der Waals surface area (Å²) in [6.07, 6.45) is 0. The van der Waals surface area contributed by atoms with Crippen LogP contribution >= 0.6 is 0 Å². The summed E-state index contributed by atoms with van der Waals surface area (Å²) in [5.41, 5.74) is 0. The molecule has 1 rings (SSSR count). The lowest BCUT2D eigenvalue weighted by atomic mass is 10.1. The monoisotopic (exact) mass is 144 g/mol. The minimum absolute atomic E-state index is 0.407. The van der Waals surface area contributed by atoms with Gasteiger partial charge in [-0.25, -0.2) is 0 Å². The first-order chi connectivity index (χ1) is 4.63. The molecule has 10 heavy (non-hydrogen) atoms. The first-order valence-corrected chi connectivity index (χ1v) is 2.55. The van der Waals surface area contributed by atoms with Crippen LogP contribution < -0.4 is 0 Å². The number of ketones is 1. The smallest absolute Gasteiger partial charge is 0.328 e. The predicted molar refractivity (Wildman–Crippen MR) is 27.1 cm³/mol. The number of esters is 1. The Kier molecular flexibility index (Phi) is 1.41. The zero-order valence-corrected chi connectivity index (χ0v) is 4.86. The van der Waals surface area contributed by atoms with E-state index in [9.17, 15) is 14.4 Å². The van der Waals surface area contributed by atoms with E-state index >= 15 is 0 Å². The van der Waals surface area contributed by atoms with E-state index in [1.54, 1.807) is 0 Å². The number of hydrogen-bond donors (Lipinski definition) is 1. The highest BCUT2D eigenvalue weighted by Gasteiger charge is 2.41. The molecule has 1 heterocycles. The highest BCUT2D eigenvalue weighted by Crippen LogP contribution is 2.09. The molecule has 1 N–H and O–H groups in total. The highest BCUT2D eigenvalue weighted by atomic mass is 16.5. The average molecular weight is 144 g/mol. The zero-order valence-electron chi connectivity index (χ0n) is 4.86. The molecule has 1 atom stereocenters. The molecule has 0 spiro atoms. The number of carbonyl (C=O) groups excluding carboxylic acids is 2. The van der Waals surface area contributed by atoms with E-state index in [4.69, 9.17) is 5.11 Å². The van der Waals surface area contributed by atoms with Crippen LogP contribution in [0, 0.1) is 5.92 Å². The lowest BCUT2D eigenvalue weighted by Gasteiger charge is -1.92. The van der Waals surface area contributed by atoms with Gasteiger partial charge in [-0.05, 0) is 0 Å². The Bertz CT molecular complexity index is 190. The number of carbonyl (C=O) groups is 3. The van der Waals surface area contributed by atoms with Crippen molar-refractivity contribution in [3.05, 3.63) is 0 Å². The van der Waals surface area contributed by atoms with Crippen molar-refractivity contribution in [1.29, 1.82) is 0 Å². The van der Waals surface area contributed by atoms with Crippen molar-refractivity contribution in [2.45, 2.75) is 0 Å². The number of rotatable bonds is 1. The fourth-order valence-corrected chi connectivity index (χ4v) is 0.679. The minimum Gasteiger partial charge on any atom is -0.480 e. The van der Waals surface area contributed by atoms with Crippen molar-refractivity contribution in [2.75, 3.05) is 6.61 Å². The number of cyclic esters (lactones) is 1. The lowest BCUT2D eigenvalue weighted by molar-refractivity contribution is -0.152. The molecule has 1 unspecified atom stereocenters. The van der Waals surface area contributed by atoms with Gasteiger partial charge in [0.25, 0.3) is 0 Å². The van der Waals surface area contributed by atoms with Gasteiger partial charge in [0.1, 0.15) is 0 Å². The van der Waals surface area contributed by atoms with Crippen LogP contribution in [0.3, 0.4) is 0 Å². The lowest BCUT2D eigenvalue weighted by Crippen LogP contribution is -2.24. The van der Waals surface area contributed by atoms with E-state index in [1.165, 1.54) is 0 Å². The fourth-order valence-electron chi connectivity index (χ4n) is 0.679. The number of carboxylic acids is 1. The summed E-state index contributed by atoms with van der Waals surface area (Å²) in [5, 5.41) is 8.23. The predicted octanol–water partition coefficient (Wildman–Crippen LogP) is -1.19. The summed E-state index contributed by atoms with van der Waals surface area (Å²) in [6, 6.07) is 0. The molecular weight excluding hydrogens is 140 g/mol. The van der Waals surface area contributed by atoms with Gasteiger partial charge in [-0.3, -0.25) is 14.4 Å². The standard InChI is InChI=1S/C5H4O5/c6-2-1-10-5(9)3(2)4(7)8/h3H,1H2,(H,7,8). The third kappa shape index (κ3) is 0.854. The van der Waals surface area contributed by atoms with Crippen LogP contribution in [0.1, 0.15) is 0 Å². The summed E-state index contributed by atoms with van der Waals surface area (Å²) in [4.78, 5) is 31.0. The SMILES string of the molecule is O=C(O)C1C(=O)COC1=O. The Hall–Kier alpha value is -1.39. The third-order valence-corrected chi connectivity index (χ3v) is 1.16. The largest absolute Gasteiger partial charge is 0.480 e. The number of carboxylic acid groups (broad SMARTS) is 1. The van der Waals surface area contributed by atoms with Gasteiger partial charge in [-0.15, -0.1) is 0 Å². The normalized spacial score (nSPS) is 24.6. The summed E-state index contributed by atoms with van der Waals surface area (Å²) >= 11 is 0. The van der Waals surface area contributed by atoms with Gasteiger partial charge in [0, 0.05) is 0 Å². The quantitative estimate of drug-likeness (QED) is 0.369. The maximum Gasteiger partial charge on any atom is 0.328 e. The van der Waals surface area contributed by atoms with Crippen molar-refractivity contribution >= 4 is 17.7 Å². The molecule has 0 aromatic rings. The van der Waals surface area contributed by atoms with Crippen molar-refractivity contribution in [3.8, 4) is 0 Å². The van der Waals surface area contributed by atoms with Crippen LogP contribution in [0.4, 0.5) is 0 Å². The summed E-state index contributed by atoms with van der Waals surface area (Å²) in [6.45, 7) is -0.407. The maximum atomic E-state index is 10.5. The Morgan fingerprint density at radius 2 is 2.20 bits per heavy atom. The van der Waals surface area contributed by atoms with Gasteiger partial charge in [0.05, 0.1) is 0 Å². The molecule has 0 radical (unpaired) electrons. The molecule has 1 aliphatic heterocycles. The van der Waals surface area contributed by atoms with Gasteiger partial charge in [0.15, 0.2) is 12.4 Å². The molecule has 0 amide bonds. The number of Topliss-reactive ketones (excluding diaryl/α,β-unsaturated/α-hetero) is 1. The topological polar surface area (TPSA) is 80.7 Å². The molecule has 1 saturated heterocycles. The maximum absolute atomic E-state index is 10.5. The van der Waals surface area contributed by atoms with E-state index in [1.807, 2.05) is 0 Å². The van der Waals surface area contributed by atoms with Gasteiger partial charge in [-0.1, -0.05) is 0 Å². The summed E-state index contributed by atoms with van der Waals surface area (Å²) in [5.74, 6) is -4.66. The molecule has 0 bridgehead atoms. The van der Waals surface area contributed by atoms with E-state index in [0.29, 0.717) is 0 Å². The molecule has 5 heteroatoms. The Morgan fingerprint density at radius 1 is 1.60 bits per heavy atom. The van der Waals surface area contributed by atoms with Gasteiger partial charge in [-0.2, -0.15) is 0 Å². The molecule has 5 nitrogen and oxygen atoms in total. The second kappa shape index (κ2) is 2.09. The number of aliphatic carboxylic acids is 1. The summed E-state index contributed by atoms with van der Waals surface area (Å²) < 4.78 is 4.17. The molecule has 0 aliphatic carbocycles. The number of ether oxygens (including phenoxy) is 1. The van der Waals surface area contributed by atoms with Crippen LogP contribution in [-0.2, 0) is 19.1 Å². The van der Waals surface area contributed by atoms with Crippen LogP contribution in [0.25, 0.3) is 0 Å². The van der Waals surface area contributed by atoms with Crippen LogP contribution in [0.5, 0.6) is 0 Å². The van der Waals surface area contributed by atoms with Gasteiger partial charge >= 0.3 is 11.9 Å². The van der Waals surface area contributed by atoms with Crippen molar-refractivity contribution < 1.29 is 24.2 Å². The van der Waals surface area contributed by atoms with E-state index in [0.717, 1.165) is 0 Å². The zero-order chi connectivity index (χ0) is 7.72. The number of hydrogen-bond acceptors (Lipinski definition) is 4. The Morgan fingerprint density at radius 3 is 2.40 bits per heavy atom. The van der Waals surface area contributed by atoms with Crippen molar-refractivity contribution in [2.24, 2.45) is 5.92 Å². The summed E-state index contributed by atoms with van der Waals surface area (Å²) in [7, 11) is 0. The second-order valence-electron chi connectivity index (χ2n) is 1.85. The molecule has 0 aromatic carbocycles. The van der Waals surface area contributed by atoms with Gasteiger partial charge in [0.2, 0.25) is 5.92 Å². The molecule has 0 aromatic heterocycles. The fraction of sp³-hybridized carbons (Fsp3) is 0.400. The molecular formula is C5H4O5. The minimum atomic E-state index is -1.58. The van der Waals surface area contributed by atoms with Crippen molar-refractivity contribution in [1.82, 2.24) is 0 Å². The van der Waals surface area contributed by atoms with Crippen LogP contribution in [0.15, 0.2) is 0 Å². The third-order valence-electron chi connectivity index (χ3n) is 1.16. The molecule has 54 valence electrons. The highest BCUT2D eigenvalue weighted by molar-refractivity contribution is 6.18. The molecule has 1 aliphatic rings. The Balaban J connectivity index is 2.82. The first kappa shape index (κ1) is 6.73. The van der Waals surface area contributed by atoms with Gasteiger partial charge < -0.3 is 9.84 Å². The molecule has 0 saturated carbocycles. The first-order valence-electron chi connectivity index (χ1n) is 2.55. The van der Waals surface area contributed by atoms with E-state index in [2.05, 4.69) is 4.74 Å². The van der Waals surface area contributed by atoms with Crippen LogP contribution in [-0.4, -0.2) is 29.4 Å². The average Bonchev–Trinajstić information content (AvgIpc) is 2.11. The van der Waals surface area contributed by atoms with Crippen LogP contribution in [0.2, 0.25) is 0 Å². The van der Waals surface area contributed by atoms with E-state index in [-0.39, 0.29) is 0 Å².